The second-order valence-electron chi connectivity index (χ2n) is 6.80. The van der Waals surface area contributed by atoms with Crippen molar-refractivity contribution >= 4 is 5.69 Å². The summed E-state index contributed by atoms with van der Waals surface area (Å²) in [6, 6.07) is 9.88. The molecule has 0 saturated heterocycles. The maximum Gasteiger partial charge on any atom is 0.433 e. The van der Waals surface area contributed by atoms with Gasteiger partial charge in [0.25, 0.3) is 0 Å². The van der Waals surface area contributed by atoms with Gasteiger partial charge in [-0.3, -0.25) is 9.88 Å². The largest absolute Gasteiger partial charge is 0.433 e. The minimum absolute atomic E-state index is 0.520. The second-order valence-corrected chi connectivity index (χ2v) is 6.80. The fraction of sp³-hybridized carbons (Fsp3) is 0.250. The first kappa shape index (κ1) is 18.4. The molecule has 3 aromatic rings. The Morgan fingerprint density at radius 3 is 2.46 bits per heavy atom. The van der Waals surface area contributed by atoms with Crippen LogP contribution in [-0.4, -0.2) is 26.4 Å². The molecule has 4 rings (SSSR count). The third kappa shape index (κ3) is 3.96. The molecule has 0 unspecified atom stereocenters. The summed E-state index contributed by atoms with van der Waals surface area (Å²) in [5.74, 6) is 0.636. The molecule has 0 fully saturated rings. The Morgan fingerprint density at radius 1 is 1.00 bits per heavy atom. The number of rotatable bonds is 3. The van der Waals surface area contributed by atoms with E-state index in [1.165, 1.54) is 12.3 Å². The summed E-state index contributed by atoms with van der Waals surface area (Å²) in [7, 11) is 0. The van der Waals surface area contributed by atoms with Crippen LogP contribution in [-0.2, 0) is 25.7 Å². The summed E-state index contributed by atoms with van der Waals surface area (Å²) >= 11 is 0. The third-order valence-corrected chi connectivity index (χ3v) is 4.72. The molecule has 3 heterocycles. The van der Waals surface area contributed by atoms with Gasteiger partial charge in [-0.15, -0.1) is 0 Å². The lowest BCUT2D eigenvalue weighted by Crippen LogP contribution is -2.31. The third-order valence-electron chi connectivity index (χ3n) is 4.72. The number of nitrogens with zero attached hydrogens (tertiary/aromatic N) is 4. The van der Waals surface area contributed by atoms with Gasteiger partial charge in [0.2, 0.25) is 0 Å². The zero-order valence-electron chi connectivity index (χ0n) is 14.9. The molecule has 2 aromatic heterocycles. The molecule has 1 aliphatic rings. The Morgan fingerprint density at radius 2 is 1.79 bits per heavy atom. The van der Waals surface area contributed by atoms with E-state index in [1.54, 1.807) is 0 Å². The molecule has 1 aliphatic heterocycles. The molecule has 144 valence electrons. The summed E-state index contributed by atoms with van der Waals surface area (Å²) in [6.07, 6.45) is -0.480. The lowest BCUT2D eigenvalue weighted by molar-refractivity contribution is -0.141. The van der Waals surface area contributed by atoms with Crippen LogP contribution in [0.15, 0.2) is 48.8 Å². The van der Waals surface area contributed by atoms with Crippen molar-refractivity contribution in [3.63, 3.8) is 0 Å². The van der Waals surface area contributed by atoms with Crippen molar-refractivity contribution in [3.8, 4) is 11.4 Å². The smallest absolute Gasteiger partial charge is 0.399 e. The molecule has 0 atom stereocenters. The van der Waals surface area contributed by atoms with Crippen molar-refractivity contribution in [2.75, 3.05) is 12.3 Å². The van der Waals surface area contributed by atoms with Crippen LogP contribution in [0.2, 0.25) is 0 Å². The first-order valence-electron chi connectivity index (χ1n) is 8.84. The first-order valence-corrected chi connectivity index (χ1v) is 8.84. The highest BCUT2D eigenvalue weighted by molar-refractivity contribution is 5.58. The van der Waals surface area contributed by atoms with Crippen LogP contribution in [0.25, 0.3) is 11.4 Å². The zero-order chi connectivity index (χ0) is 19.7. The topological polar surface area (TPSA) is 67.9 Å². The van der Waals surface area contributed by atoms with Gasteiger partial charge in [0.05, 0.1) is 5.69 Å². The summed E-state index contributed by atoms with van der Waals surface area (Å²) in [5, 5.41) is 0. The van der Waals surface area contributed by atoms with E-state index in [9.17, 15) is 13.2 Å². The Hall–Kier alpha value is -3.00. The Bertz CT molecular complexity index is 969. The molecule has 2 N–H and O–H groups in total. The number of benzene rings is 1. The number of anilines is 1. The molecule has 1 aromatic carbocycles. The van der Waals surface area contributed by atoms with E-state index in [-0.39, 0.29) is 0 Å². The minimum atomic E-state index is -4.42. The number of aromatic nitrogens is 3. The van der Waals surface area contributed by atoms with Crippen molar-refractivity contribution in [3.05, 3.63) is 71.3 Å². The molecule has 0 saturated carbocycles. The second kappa shape index (κ2) is 7.20. The van der Waals surface area contributed by atoms with Crippen LogP contribution in [0.3, 0.4) is 0 Å². The molecule has 5 nitrogen and oxygen atoms in total. The molecule has 0 amide bonds. The van der Waals surface area contributed by atoms with E-state index in [0.717, 1.165) is 41.4 Å². The maximum absolute atomic E-state index is 12.6. The van der Waals surface area contributed by atoms with Gasteiger partial charge >= 0.3 is 6.18 Å². The maximum atomic E-state index is 12.6. The highest BCUT2D eigenvalue weighted by atomic mass is 19.4. The number of fused-ring (bicyclic) bond motifs is 1. The standard InChI is InChI=1S/C20H18F3N5/c21-20(22,23)18-6-1-13(9-25-18)11-28-8-7-15-10-26-19(27-17(15)12-28)14-2-4-16(24)5-3-14/h1-6,9-10H,7-8,11-12,24H2. The normalized spacial score (nSPS) is 14.7. The molecule has 0 aliphatic carbocycles. The molecule has 28 heavy (non-hydrogen) atoms. The molecule has 8 heteroatoms. The minimum Gasteiger partial charge on any atom is -0.399 e. The predicted molar refractivity (Wildman–Crippen MR) is 98.9 cm³/mol. The fourth-order valence-corrected chi connectivity index (χ4v) is 3.21. The Kier molecular flexibility index (Phi) is 4.72. The van der Waals surface area contributed by atoms with Crippen molar-refractivity contribution in [1.82, 2.24) is 19.9 Å². The van der Waals surface area contributed by atoms with E-state index in [2.05, 4.69) is 14.9 Å². The molecule has 0 spiro atoms. The predicted octanol–water partition coefficient (Wildman–Crippen LogP) is 3.70. The van der Waals surface area contributed by atoms with E-state index in [4.69, 9.17) is 10.7 Å². The van der Waals surface area contributed by atoms with Gasteiger partial charge in [0.15, 0.2) is 5.82 Å². The van der Waals surface area contributed by atoms with Crippen LogP contribution < -0.4 is 5.73 Å². The van der Waals surface area contributed by atoms with Crippen LogP contribution in [0.4, 0.5) is 18.9 Å². The summed E-state index contributed by atoms with van der Waals surface area (Å²) in [4.78, 5) is 14.8. The quantitative estimate of drug-likeness (QED) is 0.697. The highest BCUT2D eigenvalue weighted by Crippen LogP contribution is 2.28. The van der Waals surface area contributed by atoms with Gasteiger partial charge in [-0.1, -0.05) is 6.07 Å². The monoisotopic (exact) mass is 385 g/mol. The molecular formula is C20H18F3N5. The van der Waals surface area contributed by atoms with Gasteiger partial charge in [-0.05, 0) is 47.9 Å². The number of nitrogens with two attached hydrogens (primary N) is 1. The van der Waals surface area contributed by atoms with Gasteiger partial charge in [-0.2, -0.15) is 13.2 Å². The van der Waals surface area contributed by atoms with E-state index >= 15 is 0 Å². The summed E-state index contributed by atoms with van der Waals surface area (Å²) in [5.41, 5.74) is 9.20. The van der Waals surface area contributed by atoms with Crippen molar-refractivity contribution in [1.29, 1.82) is 0 Å². The van der Waals surface area contributed by atoms with Gasteiger partial charge in [-0.25, -0.2) is 9.97 Å². The Labute approximate surface area is 160 Å². The highest BCUT2D eigenvalue weighted by Gasteiger charge is 2.32. The number of nitrogen functional groups attached to an aromatic ring is 1. The molecule has 0 radical (unpaired) electrons. The number of pyridine rings is 1. The number of alkyl halides is 3. The number of hydrogen-bond acceptors (Lipinski definition) is 5. The summed E-state index contributed by atoms with van der Waals surface area (Å²) in [6.45, 7) is 1.92. The van der Waals surface area contributed by atoms with Crippen LogP contribution in [0.1, 0.15) is 22.5 Å². The van der Waals surface area contributed by atoms with E-state index in [1.807, 2.05) is 30.5 Å². The fourth-order valence-electron chi connectivity index (χ4n) is 3.21. The van der Waals surface area contributed by atoms with E-state index in [0.29, 0.717) is 24.6 Å². The van der Waals surface area contributed by atoms with E-state index < -0.39 is 11.9 Å². The lowest BCUT2D eigenvalue weighted by atomic mass is 10.1. The average Bonchev–Trinajstić information content (AvgIpc) is 2.68. The average molecular weight is 385 g/mol. The number of halogens is 3. The van der Waals surface area contributed by atoms with Crippen LogP contribution >= 0.6 is 0 Å². The van der Waals surface area contributed by atoms with Gasteiger partial charge in [0, 0.05) is 43.3 Å². The molecule has 0 bridgehead atoms. The van der Waals surface area contributed by atoms with Crippen LogP contribution in [0, 0.1) is 0 Å². The Balaban J connectivity index is 1.49. The first-order chi connectivity index (χ1) is 13.4. The van der Waals surface area contributed by atoms with Crippen molar-refractivity contribution in [2.24, 2.45) is 0 Å². The van der Waals surface area contributed by atoms with Gasteiger partial charge in [0.1, 0.15) is 5.69 Å². The lowest BCUT2D eigenvalue weighted by Gasteiger charge is -2.28. The van der Waals surface area contributed by atoms with Crippen molar-refractivity contribution < 1.29 is 13.2 Å². The molecular weight excluding hydrogens is 367 g/mol. The number of hydrogen-bond donors (Lipinski definition) is 1. The van der Waals surface area contributed by atoms with Gasteiger partial charge < -0.3 is 5.73 Å². The summed E-state index contributed by atoms with van der Waals surface area (Å²) < 4.78 is 37.9. The SMILES string of the molecule is Nc1ccc(-c2ncc3c(n2)CN(Cc2ccc(C(F)(F)F)nc2)CC3)cc1. The van der Waals surface area contributed by atoms with Crippen molar-refractivity contribution in [2.45, 2.75) is 25.7 Å². The zero-order valence-corrected chi connectivity index (χ0v) is 14.9. The van der Waals surface area contributed by atoms with Crippen LogP contribution in [0.5, 0.6) is 0 Å².